The first kappa shape index (κ1) is 27.4. The first-order valence-electron chi connectivity index (χ1n) is 11.4. The zero-order valence-corrected chi connectivity index (χ0v) is 22.1. The van der Waals surface area contributed by atoms with Gasteiger partial charge < -0.3 is 19.7 Å². The van der Waals surface area contributed by atoms with Crippen molar-refractivity contribution in [3.63, 3.8) is 0 Å². The van der Waals surface area contributed by atoms with Crippen molar-refractivity contribution in [1.82, 2.24) is 5.32 Å². The molecule has 0 aliphatic heterocycles. The molecule has 3 aromatic carbocycles. The van der Waals surface area contributed by atoms with Gasteiger partial charge in [0.25, 0.3) is 0 Å². The van der Waals surface area contributed by atoms with Crippen LogP contribution in [0, 0.1) is 5.92 Å². The molecule has 0 fully saturated rings. The van der Waals surface area contributed by atoms with Crippen LogP contribution in [0.3, 0.4) is 0 Å². The van der Waals surface area contributed by atoms with Crippen LogP contribution in [-0.2, 0) is 20.7 Å². The zero-order valence-electron chi connectivity index (χ0n) is 19.7. The Balaban J connectivity index is 1.84. The van der Waals surface area contributed by atoms with E-state index in [9.17, 15) is 14.5 Å². The highest BCUT2D eigenvalue weighted by molar-refractivity contribution is 7.79. The lowest BCUT2D eigenvalue weighted by Crippen LogP contribution is -2.46. The minimum absolute atomic E-state index is 0.123. The molecule has 186 valence electrons. The van der Waals surface area contributed by atoms with Crippen molar-refractivity contribution in [2.75, 3.05) is 6.54 Å². The summed E-state index contributed by atoms with van der Waals surface area (Å²) in [6, 6.07) is 22.0. The fourth-order valence-corrected chi connectivity index (χ4v) is 6.93. The number of benzene rings is 3. The Hall–Kier alpha value is -2.14. The van der Waals surface area contributed by atoms with E-state index in [2.05, 4.69) is 5.32 Å². The lowest BCUT2D eigenvalue weighted by Gasteiger charge is -2.32. The number of hydrogen-bond donors (Lipinski definition) is 2. The SMILES string of the molecule is CC(C)C[C@H](NCC(=O)OCc1ccccc1)C(O)P(=O)(c1ccc(Cl)cc1)c1ccc(Cl)cc1. The van der Waals surface area contributed by atoms with Gasteiger partial charge in [0.05, 0.1) is 6.54 Å². The third kappa shape index (κ3) is 7.42. The molecule has 0 radical (unpaired) electrons. The molecule has 5 nitrogen and oxygen atoms in total. The molecule has 0 heterocycles. The molecule has 2 N–H and O–H groups in total. The quantitative estimate of drug-likeness (QED) is 0.256. The Bertz CT molecular complexity index is 1090. The summed E-state index contributed by atoms with van der Waals surface area (Å²) in [5, 5.41) is 16.7. The van der Waals surface area contributed by atoms with Crippen LogP contribution < -0.4 is 15.9 Å². The van der Waals surface area contributed by atoms with Gasteiger partial charge in [0.15, 0.2) is 7.14 Å². The smallest absolute Gasteiger partial charge is 0.320 e. The van der Waals surface area contributed by atoms with Crippen LogP contribution in [0.4, 0.5) is 0 Å². The number of halogens is 2. The summed E-state index contributed by atoms with van der Waals surface area (Å²) >= 11 is 12.1. The second kappa shape index (κ2) is 12.7. The summed E-state index contributed by atoms with van der Waals surface area (Å²) in [4.78, 5) is 12.4. The van der Waals surface area contributed by atoms with Crippen molar-refractivity contribution in [3.8, 4) is 0 Å². The Morgan fingerprint density at radius 2 is 1.43 bits per heavy atom. The maximum atomic E-state index is 14.6. The van der Waals surface area contributed by atoms with Crippen molar-refractivity contribution in [1.29, 1.82) is 0 Å². The van der Waals surface area contributed by atoms with Gasteiger partial charge in [0.2, 0.25) is 0 Å². The number of aliphatic hydroxyl groups is 1. The van der Waals surface area contributed by atoms with E-state index in [0.717, 1.165) is 5.56 Å². The molecule has 0 amide bonds. The van der Waals surface area contributed by atoms with E-state index in [1.165, 1.54) is 0 Å². The molecule has 0 aliphatic carbocycles. The van der Waals surface area contributed by atoms with Gasteiger partial charge in [-0.2, -0.15) is 0 Å². The van der Waals surface area contributed by atoms with Crippen LogP contribution in [0.25, 0.3) is 0 Å². The minimum atomic E-state index is -3.57. The van der Waals surface area contributed by atoms with E-state index in [4.69, 9.17) is 27.9 Å². The number of carbonyl (C=O) groups excluding carboxylic acids is 1. The average molecular weight is 534 g/mol. The predicted molar refractivity (Wildman–Crippen MR) is 143 cm³/mol. The van der Waals surface area contributed by atoms with E-state index in [1.54, 1.807) is 48.5 Å². The van der Waals surface area contributed by atoms with Crippen molar-refractivity contribution >= 4 is 46.9 Å². The highest BCUT2D eigenvalue weighted by atomic mass is 35.5. The van der Waals surface area contributed by atoms with Crippen LogP contribution >= 0.6 is 30.3 Å². The molecule has 0 saturated heterocycles. The topological polar surface area (TPSA) is 75.6 Å². The standard InChI is InChI=1S/C27H30Cl2NO4P/c1-19(2)16-25(30-17-26(31)34-18-20-6-4-3-5-7-20)27(32)35(33,23-12-8-21(28)9-13-23)24-14-10-22(29)11-15-24/h3-15,19,25,27,30,32H,16-18H2,1-2H3/t25-,27?/m0/s1. The molecule has 2 atom stereocenters. The predicted octanol–water partition coefficient (Wildman–Crippen LogP) is 5.37. The van der Waals surface area contributed by atoms with E-state index < -0.39 is 25.0 Å². The molecule has 0 aliphatic rings. The van der Waals surface area contributed by atoms with Crippen LogP contribution in [0.5, 0.6) is 0 Å². The number of aliphatic hydroxyl groups excluding tert-OH is 1. The zero-order chi connectivity index (χ0) is 25.4. The highest BCUT2D eigenvalue weighted by Gasteiger charge is 2.40. The maximum absolute atomic E-state index is 14.6. The molecule has 8 heteroatoms. The molecular weight excluding hydrogens is 504 g/mol. The van der Waals surface area contributed by atoms with Crippen LogP contribution in [0.2, 0.25) is 10.0 Å². The fourth-order valence-electron chi connectivity index (χ4n) is 3.85. The lowest BCUT2D eigenvalue weighted by molar-refractivity contribution is -0.144. The second-order valence-corrected chi connectivity index (χ2v) is 12.5. The molecule has 3 rings (SSSR count). The number of rotatable bonds is 11. The Morgan fingerprint density at radius 1 is 0.914 bits per heavy atom. The van der Waals surface area contributed by atoms with Crippen LogP contribution in [0.15, 0.2) is 78.9 Å². The second-order valence-electron chi connectivity index (χ2n) is 8.79. The van der Waals surface area contributed by atoms with Gasteiger partial charge >= 0.3 is 5.97 Å². The van der Waals surface area contributed by atoms with Crippen LogP contribution in [-0.4, -0.2) is 29.5 Å². The Kier molecular flexibility index (Phi) is 9.97. The van der Waals surface area contributed by atoms with Gasteiger partial charge in [-0.15, -0.1) is 0 Å². The van der Waals surface area contributed by atoms with E-state index in [1.807, 2.05) is 44.2 Å². The summed E-state index contributed by atoms with van der Waals surface area (Å²) in [6.07, 6.45) is 0.498. The Morgan fingerprint density at radius 3 is 1.91 bits per heavy atom. The van der Waals surface area contributed by atoms with E-state index >= 15 is 0 Å². The highest BCUT2D eigenvalue weighted by Crippen LogP contribution is 2.49. The van der Waals surface area contributed by atoms with Crippen molar-refractivity contribution < 1.29 is 19.2 Å². The summed E-state index contributed by atoms with van der Waals surface area (Å²) in [5.74, 6) is -1.58. The number of ether oxygens (including phenoxy) is 1. The third-order valence-electron chi connectivity index (χ3n) is 5.63. The van der Waals surface area contributed by atoms with Crippen molar-refractivity contribution in [3.05, 3.63) is 94.5 Å². The normalized spacial score (nSPS) is 13.4. The van der Waals surface area contributed by atoms with Crippen molar-refractivity contribution in [2.24, 2.45) is 5.92 Å². The molecule has 0 saturated carbocycles. The monoisotopic (exact) mass is 533 g/mol. The first-order valence-corrected chi connectivity index (χ1v) is 14.0. The third-order valence-corrected chi connectivity index (χ3v) is 9.37. The molecule has 3 aromatic rings. The fraction of sp³-hybridized carbons (Fsp3) is 0.296. The average Bonchev–Trinajstić information content (AvgIpc) is 2.85. The molecule has 1 unspecified atom stereocenters. The minimum Gasteiger partial charge on any atom is -0.460 e. The molecule has 0 bridgehead atoms. The number of carbonyl (C=O) groups is 1. The summed E-state index contributed by atoms with van der Waals surface area (Å²) in [5.41, 5.74) is 0.884. The van der Waals surface area contributed by atoms with Gasteiger partial charge in [-0.25, -0.2) is 0 Å². The molecule has 0 aromatic heterocycles. The van der Waals surface area contributed by atoms with E-state index in [-0.39, 0.29) is 19.1 Å². The molecular formula is C27H30Cl2NO4P. The van der Waals surface area contributed by atoms with Gasteiger partial charge in [-0.05, 0) is 66.4 Å². The van der Waals surface area contributed by atoms with Crippen LogP contribution in [0.1, 0.15) is 25.8 Å². The lowest BCUT2D eigenvalue weighted by atomic mass is 10.0. The molecule has 0 spiro atoms. The number of hydrogen-bond acceptors (Lipinski definition) is 5. The summed E-state index contributed by atoms with van der Waals surface area (Å²) < 4.78 is 20.0. The van der Waals surface area contributed by atoms with Gasteiger partial charge in [-0.1, -0.05) is 67.4 Å². The number of nitrogens with one attached hydrogen (secondary N) is 1. The van der Waals surface area contributed by atoms with E-state index in [0.29, 0.717) is 27.1 Å². The maximum Gasteiger partial charge on any atom is 0.320 e. The number of esters is 1. The van der Waals surface area contributed by atoms with Gasteiger partial charge in [0.1, 0.15) is 12.5 Å². The summed E-state index contributed by atoms with van der Waals surface area (Å²) in [7, 11) is -3.57. The largest absolute Gasteiger partial charge is 0.460 e. The first-order chi connectivity index (χ1) is 16.7. The summed E-state index contributed by atoms with van der Waals surface area (Å²) in [6.45, 7) is 4.05. The Labute approximate surface area is 216 Å². The van der Waals surface area contributed by atoms with Gasteiger partial charge in [0, 0.05) is 26.7 Å². The van der Waals surface area contributed by atoms with Crippen molar-refractivity contribution in [2.45, 2.75) is 38.8 Å². The van der Waals surface area contributed by atoms with Gasteiger partial charge in [-0.3, -0.25) is 4.79 Å². The molecule has 35 heavy (non-hydrogen) atoms.